The lowest BCUT2D eigenvalue weighted by atomic mass is 10.0. The predicted molar refractivity (Wildman–Crippen MR) is 85.3 cm³/mol. The van der Waals surface area contributed by atoms with Gasteiger partial charge in [-0.05, 0) is 35.6 Å². The molecule has 0 unspecified atom stereocenters. The number of hydrogen-bond donors (Lipinski definition) is 0. The number of pyridine rings is 1. The monoisotopic (exact) mass is 307 g/mol. The molecule has 0 aliphatic carbocycles. The van der Waals surface area contributed by atoms with Crippen molar-refractivity contribution in [2.24, 2.45) is 0 Å². The summed E-state index contributed by atoms with van der Waals surface area (Å²) in [5.74, 6) is 0.427. The maximum absolute atomic E-state index is 12.9. The Morgan fingerprint density at radius 3 is 2.14 bits per heavy atom. The zero-order valence-electron chi connectivity index (χ0n) is 13.7. The second kappa shape index (κ2) is 8.47. The van der Waals surface area contributed by atoms with Crippen LogP contribution in [-0.4, -0.2) is 12.1 Å². The molecule has 2 rings (SSSR count). The van der Waals surface area contributed by atoms with E-state index in [1.165, 1.54) is 12.1 Å². The molecule has 0 radical (unpaired) electrons. The third kappa shape index (κ3) is 5.10. The van der Waals surface area contributed by atoms with Gasteiger partial charge in [0.1, 0.15) is 17.4 Å². The van der Waals surface area contributed by atoms with E-state index in [9.17, 15) is 8.78 Å². The van der Waals surface area contributed by atoms with E-state index in [0.29, 0.717) is 11.5 Å². The third-order valence-electron chi connectivity index (χ3n) is 3.15. The Kier molecular flexibility index (Phi) is 6.96. The van der Waals surface area contributed by atoms with Gasteiger partial charge >= 0.3 is 0 Å². The van der Waals surface area contributed by atoms with E-state index in [2.05, 4.69) is 18.8 Å². The first-order valence-corrected chi connectivity index (χ1v) is 7.30. The van der Waals surface area contributed by atoms with Crippen molar-refractivity contribution in [2.45, 2.75) is 39.5 Å². The molecule has 2 nitrogen and oxygen atoms in total. The molecular formula is C18H23F2NO. The van der Waals surface area contributed by atoms with Crippen LogP contribution < -0.4 is 4.74 Å². The standard InChI is InChI=1S/C9H10F2.C9H13NO/c1-6(2)8-4-3-7(10)5-9(8)11;1-7(2)9-8(11-3)5-4-6-10-9/h3-6H,1-2H3;4-7H,1-3H3. The summed E-state index contributed by atoms with van der Waals surface area (Å²) in [7, 11) is 1.67. The largest absolute Gasteiger partial charge is 0.495 e. The molecule has 0 N–H and O–H groups in total. The van der Waals surface area contributed by atoms with Crippen molar-refractivity contribution in [1.82, 2.24) is 4.98 Å². The molecule has 0 amide bonds. The summed E-state index contributed by atoms with van der Waals surface area (Å²) >= 11 is 0. The van der Waals surface area contributed by atoms with E-state index in [1.807, 2.05) is 26.0 Å². The van der Waals surface area contributed by atoms with Gasteiger partial charge in [0.25, 0.3) is 0 Å². The highest BCUT2D eigenvalue weighted by Gasteiger charge is 2.06. The van der Waals surface area contributed by atoms with Crippen LogP contribution in [0, 0.1) is 11.6 Å². The number of hydrogen-bond acceptors (Lipinski definition) is 2. The van der Waals surface area contributed by atoms with Gasteiger partial charge in [0.05, 0.1) is 12.8 Å². The minimum absolute atomic E-state index is 0.107. The minimum atomic E-state index is -0.521. The number of aromatic nitrogens is 1. The number of benzene rings is 1. The van der Waals surface area contributed by atoms with Gasteiger partial charge in [-0.1, -0.05) is 33.8 Å². The van der Waals surface area contributed by atoms with Crippen LogP contribution in [0.1, 0.15) is 50.8 Å². The smallest absolute Gasteiger partial charge is 0.140 e. The lowest BCUT2D eigenvalue weighted by Crippen LogP contribution is -1.96. The first-order valence-electron chi connectivity index (χ1n) is 7.30. The van der Waals surface area contributed by atoms with Crippen LogP contribution in [0.5, 0.6) is 5.75 Å². The van der Waals surface area contributed by atoms with E-state index >= 15 is 0 Å². The molecule has 0 spiro atoms. The summed E-state index contributed by atoms with van der Waals surface area (Å²) in [6.07, 6.45) is 1.79. The average molecular weight is 307 g/mol. The fourth-order valence-corrected chi connectivity index (χ4v) is 1.98. The predicted octanol–water partition coefficient (Wildman–Crippen LogP) is 5.30. The normalized spacial score (nSPS) is 10.4. The molecule has 1 heterocycles. The highest BCUT2D eigenvalue weighted by molar-refractivity contribution is 5.28. The Hall–Kier alpha value is -1.97. The van der Waals surface area contributed by atoms with Crippen molar-refractivity contribution in [2.75, 3.05) is 7.11 Å². The molecule has 1 aromatic heterocycles. The van der Waals surface area contributed by atoms with Gasteiger partial charge in [0.2, 0.25) is 0 Å². The van der Waals surface area contributed by atoms with Crippen LogP contribution >= 0.6 is 0 Å². The topological polar surface area (TPSA) is 22.1 Å². The summed E-state index contributed by atoms with van der Waals surface area (Å²) in [6.45, 7) is 7.95. The second-order valence-corrected chi connectivity index (χ2v) is 5.57. The summed E-state index contributed by atoms with van der Waals surface area (Å²) in [6, 6.07) is 7.48. The van der Waals surface area contributed by atoms with Crippen LogP contribution in [0.2, 0.25) is 0 Å². The lowest BCUT2D eigenvalue weighted by Gasteiger charge is -2.08. The molecule has 0 bridgehead atoms. The zero-order valence-corrected chi connectivity index (χ0v) is 13.7. The first kappa shape index (κ1) is 18.1. The Morgan fingerprint density at radius 2 is 1.68 bits per heavy atom. The highest BCUT2D eigenvalue weighted by Crippen LogP contribution is 2.22. The van der Waals surface area contributed by atoms with E-state index in [0.717, 1.165) is 17.5 Å². The van der Waals surface area contributed by atoms with Crippen molar-refractivity contribution < 1.29 is 13.5 Å². The lowest BCUT2D eigenvalue weighted by molar-refractivity contribution is 0.404. The Morgan fingerprint density at radius 1 is 1.00 bits per heavy atom. The third-order valence-corrected chi connectivity index (χ3v) is 3.15. The Balaban J connectivity index is 0.000000220. The molecule has 0 aliphatic heterocycles. The maximum Gasteiger partial charge on any atom is 0.140 e. The Labute approximate surface area is 131 Å². The molecule has 1 aromatic carbocycles. The van der Waals surface area contributed by atoms with Crippen molar-refractivity contribution in [3.8, 4) is 5.75 Å². The van der Waals surface area contributed by atoms with E-state index < -0.39 is 11.6 Å². The number of rotatable bonds is 3. The van der Waals surface area contributed by atoms with Crippen molar-refractivity contribution in [1.29, 1.82) is 0 Å². The number of ether oxygens (including phenoxy) is 1. The molecule has 120 valence electrons. The van der Waals surface area contributed by atoms with Crippen LogP contribution in [0.25, 0.3) is 0 Å². The quantitative estimate of drug-likeness (QED) is 0.767. The highest BCUT2D eigenvalue weighted by atomic mass is 19.1. The van der Waals surface area contributed by atoms with Gasteiger partial charge < -0.3 is 4.74 Å². The first-order chi connectivity index (χ1) is 10.4. The second-order valence-electron chi connectivity index (χ2n) is 5.57. The number of halogens is 2. The maximum atomic E-state index is 12.9. The van der Waals surface area contributed by atoms with Crippen molar-refractivity contribution in [3.63, 3.8) is 0 Å². The molecular weight excluding hydrogens is 284 g/mol. The van der Waals surface area contributed by atoms with Gasteiger partial charge in [-0.3, -0.25) is 4.98 Å². The SMILES string of the molecule is CC(C)c1ccc(F)cc1F.COc1cccnc1C(C)C. The van der Waals surface area contributed by atoms with E-state index in [-0.39, 0.29) is 5.92 Å². The fourth-order valence-electron chi connectivity index (χ4n) is 1.98. The van der Waals surface area contributed by atoms with Gasteiger partial charge in [-0.2, -0.15) is 0 Å². The van der Waals surface area contributed by atoms with Crippen LogP contribution in [0.4, 0.5) is 8.78 Å². The molecule has 0 fully saturated rings. The van der Waals surface area contributed by atoms with Crippen molar-refractivity contribution >= 4 is 0 Å². The Bertz CT molecular complexity index is 597. The number of nitrogens with zero attached hydrogens (tertiary/aromatic N) is 1. The summed E-state index contributed by atoms with van der Waals surface area (Å²) < 4.78 is 30.4. The minimum Gasteiger partial charge on any atom is -0.495 e. The molecule has 0 aliphatic rings. The van der Waals surface area contributed by atoms with Crippen LogP contribution in [-0.2, 0) is 0 Å². The molecule has 0 atom stereocenters. The molecule has 22 heavy (non-hydrogen) atoms. The summed E-state index contributed by atoms with van der Waals surface area (Å²) in [5.41, 5.74) is 1.58. The van der Waals surface area contributed by atoms with Crippen LogP contribution in [0.3, 0.4) is 0 Å². The zero-order chi connectivity index (χ0) is 16.7. The van der Waals surface area contributed by atoms with Gasteiger partial charge in [-0.15, -0.1) is 0 Å². The summed E-state index contributed by atoms with van der Waals surface area (Å²) in [5, 5.41) is 0. The number of methoxy groups -OCH3 is 1. The van der Waals surface area contributed by atoms with Gasteiger partial charge in [0, 0.05) is 12.3 Å². The van der Waals surface area contributed by atoms with Gasteiger partial charge in [-0.25, -0.2) is 8.78 Å². The van der Waals surface area contributed by atoms with Crippen molar-refractivity contribution in [3.05, 3.63) is 59.4 Å². The molecule has 0 saturated heterocycles. The van der Waals surface area contributed by atoms with Crippen LogP contribution in [0.15, 0.2) is 36.5 Å². The van der Waals surface area contributed by atoms with E-state index in [4.69, 9.17) is 4.74 Å². The molecule has 2 aromatic rings. The molecule has 0 saturated carbocycles. The van der Waals surface area contributed by atoms with Gasteiger partial charge in [0.15, 0.2) is 0 Å². The summed E-state index contributed by atoms with van der Waals surface area (Å²) in [4.78, 5) is 4.22. The average Bonchev–Trinajstić information content (AvgIpc) is 2.47. The molecule has 4 heteroatoms. The van der Waals surface area contributed by atoms with E-state index in [1.54, 1.807) is 13.3 Å². The fraction of sp³-hybridized carbons (Fsp3) is 0.389.